The van der Waals surface area contributed by atoms with Crippen molar-refractivity contribution in [1.82, 2.24) is 0 Å². The minimum Gasteiger partial charge on any atom is -0.480 e. The van der Waals surface area contributed by atoms with Crippen LogP contribution in [-0.2, 0) is 9.53 Å². The van der Waals surface area contributed by atoms with E-state index in [9.17, 15) is 14.4 Å². The molecule has 0 aliphatic heterocycles. The number of rotatable bonds is 6. The average Bonchev–Trinajstić information content (AvgIpc) is 2.41. The first-order valence-corrected chi connectivity index (χ1v) is 5.62. The Morgan fingerprint density at radius 3 is 2.65 bits per heavy atom. The second-order valence-electron chi connectivity index (χ2n) is 3.76. The van der Waals surface area contributed by atoms with Crippen molar-refractivity contribution in [2.75, 3.05) is 18.1 Å². The molecule has 0 radical (unpaired) electrons. The Labute approximate surface area is 115 Å². The summed E-state index contributed by atoms with van der Waals surface area (Å²) in [6, 6.07) is 4.85. The molecule has 1 aromatic carbocycles. The second kappa shape index (κ2) is 6.93. The van der Waals surface area contributed by atoms with Crippen LogP contribution in [0.5, 0.6) is 0 Å². The van der Waals surface area contributed by atoms with Crippen LogP contribution in [0.4, 0.5) is 10.5 Å². The Kier molecular flexibility index (Phi) is 5.28. The average molecular weight is 278 g/mol. The molecule has 0 heterocycles. The summed E-state index contributed by atoms with van der Waals surface area (Å²) in [5.41, 5.74) is 5.50. The molecule has 7 nitrogen and oxygen atoms in total. The van der Waals surface area contributed by atoms with Crippen LogP contribution in [-0.4, -0.2) is 36.2 Å². The molecule has 0 aromatic heterocycles. The zero-order valence-corrected chi connectivity index (χ0v) is 10.6. The molecular weight excluding hydrogens is 264 g/mol. The molecule has 0 atom stereocenters. The van der Waals surface area contributed by atoms with E-state index in [-0.39, 0.29) is 17.9 Å². The molecule has 1 rings (SSSR count). The van der Waals surface area contributed by atoms with E-state index in [0.29, 0.717) is 0 Å². The van der Waals surface area contributed by atoms with E-state index in [2.05, 4.69) is 6.58 Å². The van der Waals surface area contributed by atoms with Gasteiger partial charge in [-0.2, -0.15) is 0 Å². The quantitative estimate of drug-likeness (QED) is 0.595. The molecule has 1 aromatic rings. The highest BCUT2D eigenvalue weighted by Gasteiger charge is 2.17. The van der Waals surface area contributed by atoms with Crippen LogP contribution in [0, 0.1) is 0 Å². The van der Waals surface area contributed by atoms with Gasteiger partial charge in [0.25, 0.3) is 0 Å². The van der Waals surface area contributed by atoms with Gasteiger partial charge >= 0.3 is 18.0 Å². The van der Waals surface area contributed by atoms with Gasteiger partial charge in [0.1, 0.15) is 13.2 Å². The number of nitrogens with two attached hydrogens (primary N) is 1. The summed E-state index contributed by atoms with van der Waals surface area (Å²) in [5, 5.41) is 8.74. The third-order valence-electron chi connectivity index (χ3n) is 2.29. The molecule has 0 fully saturated rings. The van der Waals surface area contributed by atoms with Gasteiger partial charge in [-0.15, -0.1) is 0 Å². The predicted octanol–water partition coefficient (Wildman–Crippen LogP) is 0.999. The largest absolute Gasteiger partial charge is 0.480 e. The van der Waals surface area contributed by atoms with E-state index in [0.717, 1.165) is 4.90 Å². The molecule has 0 unspecified atom stereocenters. The van der Waals surface area contributed by atoms with E-state index in [4.69, 9.17) is 15.6 Å². The summed E-state index contributed by atoms with van der Waals surface area (Å²) in [5.74, 6) is -1.82. The van der Waals surface area contributed by atoms with Gasteiger partial charge in [-0.25, -0.2) is 9.59 Å². The first kappa shape index (κ1) is 15.2. The van der Waals surface area contributed by atoms with Gasteiger partial charge < -0.3 is 15.6 Å². The number of amides is 2. The van der Waals surface area contributed by atoms with Crippen molar-refractivity contribution in [3.63, 3.8) is 0 Å². The number of benzene rings is 1. The van der Waals surface area contributed by atoms with Gasteiger partial charge in [0.15, 0.2) is 0 Å². The molecule has 7 heteroatoms. The van der Waals surface area contributed by atoms with Crippen molar-refractivity contribution in [2.45, 2.75) is 0 Å². The normalized spacial score (nSPS) is 9.60. The highest BCUT2D eigenvalue weighted by atomic mass is 16.5. The van der Waals surface area contributed by atoms with E-state index in [1.165, 1.54) is 30.3 Å². The van der Waals surface area contributed by atoms with Crippen LogP contribution in [0.1, 0.15) is 10.4 Å². The summed E-state index contributed by atoms with van der Waals surface area (Å²) < 4.78 is 4.85. The smallest absolute Gasteiger partial charge is 0.338 e. The molecule has 2 amide bonds. The van der Waals surface area contributed by atoms with Crippen molar-refractivity contribution < 1.29 is 24.2 Å². The summed E-state index contributed by atoms with van der Waals surface area (Å²) in [6.45, 7) is 2.87. The Morgan fingerprint density at radius 1 is 1.40 bits per heavy atom. The fraction of sp³-hybridized carbons (Fsp3) is 0.154. The maximum atomic E-state index is 11.6. The monoisotopic (exact) mass is 278 g/mol. The Hall–Kier alpha value is -2.83. The van der Waals surface area contributed by atoms with Gasteiger partial charge in [-0.05, 0) is 18.2 Å². The number of primary amides is 1. The van der Waals surface area contributed by atoms with Crippen molar-refractivity contribution >= 4 is 23.7 Å². The third-order valence-corrected chi connectivity index (χ3v) is 2.29. The Balaban J connectivity index is 3.00. The van der Waals surface area contributed by atoms with Crippen LogP contribution >= 0.6 is 0 Å². The Morgan fingerprint density at radius 2 is 2.10 bits per heavy atom. The van der Waals surface area contributed by atoms with Crippen molar-refractivity contribution in [3.8, 4) is 0 Å². The number of esters is 1. The lowest BCUT2D eigenvalue weighted by molar-refractivity contribution is -0.135. The third kappa shape index (κ3) is 4.13. The van der Waals surface area contributed by atoms with Gasteiger partial charge in [-0.1, -0.05) is 18.7 Å². The number of hydrogen-bond acceptors (Lipinski definition) is 4. The molecule has 0 spiro atoms. The summed E-state index contributed by atoms with van der Waals surface area (Å²) in [4.78, 5) is 34.4. The molecule has 0 saturated carbocycles. The van der Waals surface area contributed by atoms with Gasteiger partial charge in [0, 0.05) is 5.69 Å². The first-order valence-electron chi connectivity index (χ1n) is 5.62. The lowest BCUT2D eigenvalue weighted by atomic mass is 10.2. The van der Waals surface area contributed by atoms with Gasteiger partial charge in [0.05, 0.1) is 5.56 Å². The summed E-state index contributed by atoms with van der Waals surface area (Å²) in [7, 11) is 0. The summed E-state index contributed by atoms with van der Waals surface area (Å²) >= 11 is 0. The Bertz CT molecular complexity index is 541. The minimum absolute atomic E-state index is 0.0533. The van der Waals surface area contributed by atoms with Crippen LogP contribution in [0.2, 0.25) is 0 Å². The van der Waals surface area contributed by atoms with Gasteiger partial charge in [0.2, 0.25) is 0 Å². The molecule has 0 aliphatic rings. The zero-order chi connectivity index (χ0) is 15.1. The predicted molar refractivity (Wildman–Crippen MR) is 71.5 cm³/mol. The summed E-state index contributed by atoms with van der Waals surface area (Å²) in [6.07, 6.45) is 1.42. The second-order valence-corrected chi connectivity index (χ2v) is 3.76. The fourth-order valence-electron chi connectivity index (χ4n) is 1.45. The molecule has 3 N–H and O–H groups in total. The number of anilines is 1. The number of ether oxygens (including phenoxy) is 1. The van der Waals surface area contributed by atoms with Gasteiger partial charge in [-0.3, -0.25) is 9.69 Å². The standard InChI is InChI=1S/C13H14N2O5/c1-2-6-20-12(18)9-4-3-5-10(7-9)15(13(14)19)8-11(16)17/h2-5,7H,1,6,8H2,(H2,14,19)(H,16,17). The van der Waals surface area contributed by atoms with E-state index >= 15 is 0 Å². The van der Waals surface area contributed by atoms with Crippen LogP contribution in [0.3, 0.4) is 0 Å². The number of hydrogen-bond donors (Lipinski definition) is 2. The van der Waals surface area contributed by atoms with Crippen LogP contribution in [0.15, 0.2) is 36.9 Å². The maximum Gasteiger partial charge on any atom is 0.338 e. The van der Waals surface area contributed by atoms with E-state index in [1.54, 1.807) is 0 Å². The minimum atomic E-state index is -1.22. The lowest BCUT2D eigenvalue weighted by Gasteiger charge is -2.18. The van der Waals surface area contributed by atoms with Crippen LogP contribution < -0.4 is 10.6 Å². The molecule has 0 aliphatic carbocycles. The van der Waals surface area contributed by atoms with Crippen molar-refractivity contribution in [2.24, 2.45) is 5.73 Å². The fourth-order valence-corrected chi connectivity index (χ4v) is 1.45. The molecule has 106 valence electrons. The van der Waals surface area contributed by atoms with Crippen molar-refractivity contribution in [1.29, 1.82) is 0 Å². The number of carbonyl (C=O) groups excluding carboxylic acids is 2. The molecule has 0 bridgehead atoms. The first-order chi connectivity index (χ1) is 9.45. The maximum absolute atomic E-state index is 11.6. The SMILES string of the molecule is C=CCOC(=O)c1cccc(N(CC(=O)O)C(N)=O)c1. The van der Waals surface area contributed by atoms with E-state index < -0.39 is 24.5 Å². The molecular formula is C13H14N2O5. The van der Waals surface area contributed by atoms with Crippen molar-refractivity contribution in [3.05, 3.63) is 42.5 Å². The number of urea groups is 1. The lowest BCUT2D eigenvalue weighted by Crippen LogP contribution is -2.39. The number of nitrogens with zero attached hydrogens (tertiary/aromatic N) is 1. The van der Waals surface area contributed by atoms with Crippen LogP contribution in [0.25, 0.3) is 0 Å². The molecule has 20 heavy (non-hydrogen) atoms. The highest BCUT2D eigenvalue weighted by Crippen LogP contribution is 2.16. The number of carbonyl (C=O) groups is 3. The van der Waals surface area contributed by atoms with E-state index in [1.807, 2.05) is 0 Å². The number of carboxylic acids is 1. The zero-order valence-electron chi connectivity index (χ0n) is 10.6. The highest BCUT2D eigenvalue weighted by molar-refractivity contribution is 5.97. The number of aliphatic carboxylic acids is 1. The topological polar surface area (TPSA) is 110 Å². The number of carboxylic acid groups (broad SMARTS) is 1. The molecule has 0 saturated heterocycles.